The minimum atomic E-state index is -0.208. The van der Waals surface area contributed by atoms with Gasteiger partial charge in [0.15, 0.2) is 0 Å². The molecule has 0 aliphatic carbocycles. The van der Waals surface area contributed by atoms with Crippen molar-refractivity contribution in [3.05, 3.63) is 35.4 Å². The van der Waals surface area contributed by atoms with Crippen LogP contribution >= 0.6 is 0 Å². The third-order valence-corrected chi connectivity index (χ3v) is 3.47. The lowest BCUT2D eigenvalue weighted by Gasteiger charge is -2.20. The second-order valence-electron chi connectivity index (χ2n) is 4.57. The van der Waals surface area contributed by atoms with Crippen LogP contribution in [0.3, 0.4) is 0 Å². The van der Waals surface area contributed by atoms with Crippen molar-refractivity contribution >= 4 is 11.8 Å². The molecule has 0 N–H and O–H groups in total. The molecule has 1 fully saturated rings. The van der Waals surface area contributed by atoms with Crippen LogP contribution < -0.4 is 0 Å². The Labute approximate surface area is 99.2 Å². The van der Waals surface area contributed by atoms with E-state index in [0.29, 0.717) is 11.1 Å². The van der Waals surface area contributed by atoms with E-state index in [2.05, 4.69) is 0 Å². The molecule has 0 saturated carbocycles. The number of hydrogen-bond donors (Lipinski definition) is 0. The lowest BCUT2D eigenvalue weighted by molar-refractivity contribution is 0.0572. The van der Waals surface area contributed by atoms with E-state index in [-0.39, 0.29) is 30.1 Å². The molecular formula is C13H13NO3. The first-order valence-electron chi connectivity index (χ1n) is 5.73. The van der Waals surface area contributed by atoms with Gasteiger partial charge in [0, 0.05) is 0 Å². The van der Waals surface area contributed by atoms with Gasteiger partial charge in [0.05, 0.1) is 23.3 Å². The number of benzene rings is 1. The molecule has 3 atom stereocenters. The van der Waals surface area contributed by atoms with Crippen LogP contribution in [0.25, 0.3) is 0 Å². The van der Waals surface area contributed by atoms with Crippen LogP contribution in [0.1, 0.15) is 34.6 Å². The van der Waals surface area contributed by atoms with Crippen LogP contribution in [0.4, 0.5) is 0 Å². The van der Waals surface area contributed by atoms with Crippen LogP contribution in [-0.2, 0) is 4.74 Å². The first-order valence-corrected chi connectivity index (χ1v) is 5.73. The highest BCUT2D eigenvalue weighted by atomic mass is 16.6. The molecule has 2 aliphatic rings. The Kier molecular flexibility index (Phi) is 2.10. The Morgan fingerprint density at radius 2 is 1.65 bits per heavy atom. The SMILES string of the molecule is CC1OC1C(C)N1C(=O)c2ccccc2C1=O. The number of hydrogen-bond acceptors (Lipinski definition) is 3. The standard InChI is InChI=1S/C13H13NO3/c1-7(11-8(2)17-11)14-12(15)9-5-3-4-6-10(9)13(14)16/h3-8,11H,1-2H3. The summed E-state index contributed by atoms with van der Waals surface area (Å²) in [4.78, 5) is 25.6. The fraction of sp³-hybridized carbons (Fsp3) is 0.385. The molecule has 1 saturated heterocycles. The van der Waals surface area contributed by atoms with Crippen molar-refractivity contribution in [1.82, 2.24) is 4.90 Å². The zero-order valence-electron chi connectivity index (χ0n) is 9.71. The smallest absolute Gasteiger partial charge is 0.261 e. The molecule has 2 heterocycles. The van der Waals surface area contributed by atoms with Crippen LogP contribution in [0.15, 0.2) is 24.3 Å². The maximum Gasteiger partial charge on any atom is 0.261 e. The van der Waals surface area contributed by atoms with E-state index in [1.807, 2.05) is 13.8 Å². The van der Waals surface area contributed by atoms with Gasteiger partial charge in [-0.15, -0.1) is 0 Å². The molecule has 88 valence electrons. The number of epoxide rings is 1. The molecule has 0 spiro atoms. The maximum atomic E-state index is 12.1. The molecular weight excluding hydrogens is 218 g/mol. The molecule has 4 nitrogen and oxygen atoms in total. The number of imide groups is 1. The third-order valence-electron chi connectivity index (χ3n) is 3.47. The maximum absolute atomic E-state index is 12.1. The summed E-state index contributed by atoms with van der Waals surface area (Å²) in [6.45, 7) is 3.80. The monoisotopic (exact) mass is 231 g/mol. The van der Waals surface area contributed by atoms with Crippen molar-refractivity contribution in [2.24, 2.45) is 0 Å². The molecule has 1 aromatic carbocycles. The minimum Gasteiger partial charge on any atom is -0.368 e. The van der Waals surface area contributed by atoms with Gasteiger partial charge in [-0.2, -0.15) is 0 Å². The van der Waals surface area contributed by atoms with Crippen LogP contribution in [0.2, 0.25) is 0 Å². The second-order valence-corrected chi connectivity index (χ2v) is 4.57. The number of carbonyl (C=O) groups excluding carboxylic acids is 2. The highest BCUT2D eigenvalue weighted by Crippen LogP contribution is 2.32. The molecule has 4 heteroatoms. The van der Waals surface area contributed by atoms with Gasteiger partial charge in [0.1, 0.15) is 6.10 Å². The van der Waals surface area contributed by atoms with Crippen molar-refractivity contribution in [3.63, 3.8) is 0 Å². The van der Waals surface area contributed by atoms with Crippen molar-refractivity contribution in [2.75, 3.05) is 0 Å². The van der Waals surface area contributed by atoms with Crippen molar-refractivity contribution in [2.45, 2.75) is 32.1 Å². The summed E-state index contributed by atoms with van der Waals surface area (Å²) in [6, 6.07) is 6.74. The Balaban J connectivity index is 1.95. The molecule has 1 aromatic rings. The summed E-state index contributed by atoms with van der Waals surface area (Å²) in [6.07, 6.45) is 0.117. The lowest BCUT2D eigenvalue weighted by atomic mass is 10.1. The highest BCUT2D eigenvalue weighted by molar-refractivity contribution is 6.21. The van der Waals surface area contributed by atoms with Gasteiger partial charge in [0.25, 0.3) is 11.8 Å². The third kappa shape index (κ3) is 1.41. The van der Waals surface area contributed by atoms with Crippen molar-refractivity contribution < 1.29 is 14.3 Å². The fourth-order valence-corrected chi connectivity index (χ4v) is 2.43. The molecule has 0 aromatic heterocycles. The van der Waals surface area contributed by atoms with E-state index in [4.69, 9.17) is 4.74 Å². The van der Waals surface area contributed by atoms with Crippen molar-refractivity contribution in [3.8, 4) is 0 Å². The number of amides is 2. The summed E-state index contributed by atoms with van der Waals surface area (Å²) < 4.78 is 5.34. The van der Waals surface area contributed by atoms with E-state index in [9.17, 15) is 9.59 Å². The summed E-state index contributed by atoms with van der Waals surface area (Å²) in [7, 11) is 0. The summed E-state index contributed by atoms with van der Waals surface area (Å²) >= 11 is 0. The number of fused-ring (bicyclic) bond motifs is 1. The van der Waals surface area contributed by atoms with Gasteiger partial charge in [-0.05, 0) is 26.0 Å². The predicted molar refractivity (Wildman–Crippen MR) is 60.7 cm³/mol. The van der Waals surface area contributed by atoms with Crippen LogP contribution in [0.5, 0.6) is 0 Å². The van der Waals surface area contributed by atoms with Gasteiger partial charge in [-0.3, -0.25) is 14.5 Å². The molecule has 3 unspecified atom stereocenters. The number of carbonyl (C=O) groups is 2. The molecule has 17 heavy (non-hydrogen) atoms. The minimum absolute atomic E-state index is 0.0165. The molecule has 2 amide bonds. The van der Waals surface area contributed by atoms with Gasteiger partial charge in [0.2, 0.25) is 0 Å². The summed E-state index contributed by atoms with van der Waals surface area (Å²) in [5.41, 5.74) is 0.996. The number of rotatable bonds is 2. The number of nitrogens with zero attached hydrogens (tertiary/aromatic N) is 1. The lowest BCUT2D eigenvalue weighted by Crippen LogP contribution is -2.41. The van der Waals surface area contributed by atoms with Gasteiger partial charge < -0.3 is 4.74 Å². The predicted octanol–water partition coefficient (Wildman–Crippen LogP) is 1.46. The molecule has 2 aliphatic heterocycles. The Hall–Kier alpha value is -1.68. The summed E-state index contributed by atoms with van der Waals surface area (Å²) in [5.74, 6) is -0.415. The van der Waals surface area contributed by atoms with E-state index in [1.165, 1.54) is 4.90 Å². The fourth-order valence-electron chi connectivity index (χ4n) is 2.43. The van der Waals surface area contributed by atoms with Crippen LogP contribution in [-0.4, -0.2) is 35.0 Å². The quantitative estimate of drug-likeness (QED) is 0.572. The van der Waals surface area contributed by atoms with Crippen molar-refractivity contribution in [1.29, 1.82) is 0 Å². The largest absolute Gasteiger partial charge is 0.368 e. The van der Waals surface area contributed by atoms with E-state index < -0.39 is 0 Å². The van der Waals surface area contributed by atoms with E-state index >= 15 is 0 Å². The van der Waals surface area contributed by atoms with Gasteiger partial charge in [-0.1, -0.05) is 12.1 Å². The number of ether oxygens (including phenoxy) is 1. The molecule has 0 radical (unpaired) electrons. The first-order chi connectivity index (χ1) is 8.11. The zero-order valence-corrected chi connectivity index (χ0v) is 9.71. The van der Waals surface area contributed by atoms with E-state index in [0.717, 1.165) is 0 Å². The molecule has 3 rings (SSSR count). The normalized spacial score (nSPS) is 28.2. The van der Waals surface area contributed by atoms with Gasteiger partial charge >= 0.3 is 0 Å². The Bertz CT molecular complexity index is 476. The zero-order chi connectivity index (χ0) is 12.2. The average Bonchev–Trinajstić information content (AvgIpc) is 3.00. The first kappa shape index (κ1) is 10.5. The topological polar surface area (TPSA) is 49.9 Å². The van der Waals surface area contributed by atoms with E-state index in [1.54, 1.807) is 24.3 Å². The molecule has 0 bridgehead atoms. The Morgan fingerprint density at radius 1 is 1.18 bits per heavy atom. The highest BCUT2D eigenvalue weighted by Gasteiger charge is 2.48. The average molecular weight is 231 g/mol. The second kappa shape index (κ2) is 3.40. The van der Waals surface area contributed by atoms with Gasteiger partial charge in [-0.25, -0.2) is 0 Å². The van der Waals surface area contributed by atoms with Crippen LogP contribution in [0, 0.1) is 0 Å². The summed E-state index contributed by atoms with van der Waals surface area (Å²) in [5, 5.41) is 0. The Morgan fingerprint density at radius 3 is 2.06 bits per heavy atom.